The second-order valence-corrected chi connectivity index (χ2v) is 7.27. The van der Waals surface area contributed by atoms with Crippen LogP contribution >= 0.6 is 0 Å². The van der Waals surface area contributed by atoms with Crippen molar-refractivity contribution in [2.24, 2.45) is 5.41 Å². The maximum atomic E-state index is 11.8. The monoisotopic (exact) mass is 292 g/mol. The summed E-state index contributed by atoms with van der Waals surface area (Å²) in [5.41, 5.74) is -2.03. The number of hydrogen-bond acceptors (Lipinski definition) is 3. The summed E-state index contributed by atoms with van der Waals surface area (Å²) >= 11 is 0. The van der Waals surface area contributed by atoms with E-state index in [9.17, 15) is 18.9 Å². The molecule has 2 atom stereocenters. The molecule has 0 bridgehead atoms. The Morgan fingerprint density at radius 2 is 1.74 bits per heavy atom. The van der Waals surface area contributed by atoms with E-state index < -0.39 is 33.8 Å². The number of urea groups is 1. The molecular weight excluding hydrogens is 268 g/mol. The van der Waals surface area contributed by atoms with E-state index >= 15 is 0 Å². The van der Waals surface area contributed by atoms with Gasteiger partial charge in [-0.1, -0.05) is 0 Å². The molecule has 2 unspecified atom stereocenters. The standard InChI is InChI=1S/C12H24N2O4S/c1-8(7-19(6)18)13-10(17)14-12(4,5)11(2,3)9(15)16/h8H,7H2,1-6H3,(H,15,16)(H2,13,14,17). The van der Waals surface area contributed by atoms with E-state index in [1.54, 1.807) is 40.9 Å². The van der Waals surface area contributed by atoms with Crippen molar-refractivity contribution in [2.45, 2.75) is 46.2 Å². The van der Waals surface area contributed by atoms with Gasteiger partial charge in [0.05, 0.1) is 11.0 Å². The number of carbonyl (C=O) groups excluding carboxylic acids is 1. The van der Waals surface area contributed by atoms with E-state index in [1.165, 1.54) is 0 Å². The Hall–Kier alpha value is -1.11. The zero-order valence-electron chi connectivity index (χ0n) is 12.4. The molecule has 0 aromatic carbocycles. The number of carboxylic acid groups (broad SMARTS) is 1. The van der Waals surface area contributed by atoms with E-state index in [0.29, 0.717) is 5.75 Å². The van der Waals surface area contributed by atoms with Gasteiger partial charge < -0.3 is 15.7 Å². The van der Waals surface area contributed by atoms with Crippen molar-refractivity contribution >= 4 is 22.8 Å². The van der Waals surface area contributed by atoms with Crippen LogP contribution < -0.4 is 10.6 Å². The summed E-state index contributed by atoms with van der Waals surface area (Å²) in [6.07, 6.45) is 1.56. The quantitative estimate of drug-likeness (QED) is 0.679. The highest BCUT2D eigenvalue weighted by Gasteiger charge is 2.44. The minimum atomic E-state index is -1.11. The van der Waals surface area contributed by atoms with Gasteiger partial charge in [0.1, 0.15) is 0 Å². The first-order valence-electron chi connectivity index (χ1n) is 6.02. The van der Waals surface area contributed by atoms with Crippen LogP contribution in [0.2, 0.25) is 0 Å². The van der Waals surface area contributed by atoms with Gasteiger partial charge in [-0.3, -0.25) is 9.00 Å². The fourth-order valence-electron chi connectivity index (χ4n) is 1.36. The van der Waals surface area contributed by atoms with Crippen molar-refractivity contribution in [1.82, 2.24) is 10.6 Å². The Balaban J connectivity index is 4.63. The largest absolute Gasteiger partial charge is 0.481 e. The van der Waals surface area contributed by atoms with Crippen LogP contribution in [-0.4, -0.2) is 44.9 Å². The van der Waals surface area contributed by atoms with Crippen LogP contribution in [0.1, 0.15) is 34.6 Å². The van der Waals surface area contributed by atoms with E-state index in [-0.39, 0.29) is 6.04 Å². The van der Waals surface area contributed by atoms with Gasteiger partial charge in [-0.05, 0) is 34.6 Å². The number of carbonyl (C=O) groups is 2. The van der Waals surface area contributed by atoms with E-state index in [2.05, 4.69) is 10.6 Å². The molecule has 0 fully saturated rings. The summed E-state index contributed by atoms with van der Waals surface area (Å²) in [4.78, 5) is 23.0. The van der Waals surface area contributed by atoms with Gasteiger partial charge in [0.15, 0.2) is 0 Å². The number of hydrogen-bond donors (Lipinski definition) is 3. The zero-order chi connectivity index (χ0) is 15.4. The fourth-order valence-corrected chi connectivity index (χ4v) is 2.15. The van der Waals surface area contributed by atoms with Gasteiger partial charge in [0, 0.05) is 28.9 Å². The van der Waals surface area contributed by atoms with Crippen LogP contribution in [0, 0.1) is 5.41 Å². The molecule has 112 valence electrons. The smallest absolute Gasteiger partial charge is 0.315 e. The van der Waals surface area contributed by atoms with Gasteiger partial charge in [-0.2, -0.15) is 0 Å². The maximum Gasteiger partial charge on any atom is 0.315 e. The SMILES string of the molecule is CC(CS(C)=O)NC(=O)NC(C)(C)C(C)(C)C(=O)O. The van der Waals surface area contributed by atoms with E-state index in [1.807, 2.05) is 0 Å². The maximum absolute atomic E-state index is 11.8. The predicted octanol–water partition coefficient (Wildman–Crippen LogP) is 0.942. The highest BCUT2D eigenvalue weighted by molar-refractivity contribution is 7.84. The molecule has 2 amide bonds. The Morgan fingerprint density at radius 1 is 1.26 bits per heavy atom. The molecule has 0 aromatic rings. The molecule has 0 rings (SSSR count). The van der Waals surface area contributed by atoms with Crippen molar-refractivity contribution < 1.29 is 18.9 Å². The van der Waals surface area contributed by atoms with Crippen molar-refractivity contribution in [3.8, 4) is 0 Å². The Morgan fingerprint density at radius 3 is 2.11 bits per heavy atom. The van der Waals surface area contributed by atoms with Crippen molar-refractivity contribution in [1.29, 1.82) is 0 Å². The average Bonchev–Trinajstić information content (AvgIpc) is 2.13. The average molecular weight is 292 g/mol. The third-order valence-electron chi connectivity index (χ3n) is 3.39. The number of rotatable bonds is 6. The molecule has 0 heterocycles. The molecule has 0 aliphatic carbocycles. The topological polar surface area (TPSA) is 95.5 Å². The zero-order valence-corrected chi connectivity index (χ0v) is 13.2. The first-order chi connectivity index (χ1) is 8.40. The van der Waals surface area contributed by atoms with Crippen molar-refractivity contribution in [2.75, 3.05) is 12.0 Å². The first kappa shape index (κ1) is 17.9. The van der Waals surface area contributed by atoms with Crippen LogP contribution in [0.5, 0.6) is 0 Å². The molecule has 0 spiro atoms. The lowest BCUT2D eigenvalue weighted by Gasteiger charge is -2.38. The molecule has 7 heteroatoms. The van der Waals surface area contributed by atoms with E-state index in [0.717, 1.165) is 0 Å². The molecule has 19 heavy (non-hydrogen) atoms. The lowest BCUT2D eigenvalue weighted by Crippen LogP contribution is -2.60. The number of carboxylic acids is 1. The fraction of sp³-hybridized carbons (Fsp3) is 0.833. The van der Waals surface area contributed by atoms with Crippen LogP contribution in [0.15, 0.2) is 0 Å². The summed E-state index contributed by atoms with van der Waals surface area (Å²) < 4.78 is 11.0. The van der Waals surface area contributed by atoms with Crippen LogP contribution in [-0.2, 0) is 15.6 Å². The van der Waals surface area contributed by atoms with Crippen molar-refractivity contribution in [3.05, 3.63) is 0 Å². The summed E-state index contributed by atoms with van der Waals surface area (Å²) in [5.74, 6) is -0.628. The number of aliphatic carboxylic acids is 1. The van der Waals surface area contributed by atoms with Gasteiger partial charge in [0.25, 0.3) is 0 Å². The summed E-state index contributed by atoms with van der Waals surface area (Å²) in [7, 11) is -0.996. The number of nitrogens with one attached hydrogen (secondary N) is 2. The normalized spacial score (nSPS) is 15.5. The minimum Gasteiger partial charge on any atom is -0.481 e. The van der Waals surface area contributed by atoms with E-state index in [4.69, 9.17) is 0 Å². The third-order valence-corrected chi connectivity index (χ3v) is 4.35. The van der Waals surface area contributed by atoms with Gasteiger partial charge in [-0.25, -0.2) is 4.79 Å². The van der Waals surface area contributed by atoms with Gasteiger partial charge in [-0.15, -0.1) is 0 Å². The highest BCUT2D eigenvalue weighted by atomic mass is 32.2. The van der Waals surface area contributed by atoms with Gasteiger partial charge >= 0.3 is 12.0 Å². The predicted molar refractivity (Wildman–Crippen MR) is 75.6 cm³/mol. The molecule has 0 saturated carbocycles. The Bertz CT molecular complexity index is 380. The van der Waals surface area contributed by atoms with Crippen molar-refractivity contribution in [3.63, 3.8) is 0 Å². The van der Waals surface area contributed by atoms with Crippen LogP contribution in [0.25, 0.3) is 0 Å². The molecule has 0 radical (unpaired) electrons. The molecule has 0 aliphatic rings. The molecule has 0 aliphatic heterocycles. The Labute approximate surface area is 116 Å². The molecule has 0 saturated heterocycles. The minimum absolute atomic E-state index is 0.241. The molecule has 0 aromatic heterocycles. The first-order valence-corrected chi connectivity index (χ1v) is 7.75. The summed E-state index contributed by atoms with van der Waals surface area (Å²) in [6.45, 7) is 8.17. The second-order valence-electron chi connectivity index (χ2n) is 5.79. The van der Waals surface area contributed by atoms with Crippen LogP contribution in [0.3, 0.4) is 0 Å². The highest BCUT2D eigenvalue weighted by Crippen LogP contribution is 2.30. The lowest BCUT2D eigenvalue weighted by molar-refractivity contribution is -0.150. The third kappa shape index (κ3) is 5.18. The summed E-state index contributed by atoms with van der Waals surface area (Å²) in [5, 5.41) is 14.5. The summed E-state index contributed by atoms with van der Waals surface area (Å²) in [6, 6.07) is -0.702. The second kappa shape index (κ2) is 6.36. The Kier molecular flexibility index (Phi) is 5.99. The lowest BCUT2D eigenvalue weighted by atomic mass is 9.74. The number of amides is 2. The molecular formula is C12H24N2O4S. The van der Waals surface area contributed by atoms with Gasteiger partial charge in [0.2, 0.25) is 0 Å². The molecule has 3 N–H and O–H groups in total. The van der Waals surface area contributed by atoms with Crippen LogP contribution in [0.4, 0.5) is 4.79 Å². The molecule has 6 nitrogen and oxygen atoms in total.